The fourth-order valence-electron chi connectivity index (χ4n) is 4.28. The Kier molecular flexibility index (Phi) is 7.53. The van der Waals surface area contributed by atoms with E-state index < -0.39 is 0 Å². The first-order valence-corrected chi connectivity index (χ1v) is 13.3. The maximum Gasteiger partial charge on any atom is 0.163 e. The van der Waals surface area contributed by atoms with E-state index >= 15 is 0 Å². The van der Waals surface area contributed by atoms with Gasteiger partial charge in [-0.05, 0) is 38.0 Å². The third-order valence-corrected chi connectivity index (χ3v) is 7.60. The summed E-state index contributed by atoms with van der Waals surface area (Å²) in [5.41, 5.74) is 4.87. The Labute approximate surface area is 224 Å². The maximum absolute atomic E-state index is 8.83. The third-order valence-electron chi connectivity index (χ3n) is 6.16. The molecule has 1 atom stereocenters. The van der Waals surface area contributed by atoms with E-state index in [1.54, 1.807) is 22.2 Å². The lowest BCUT2D eigenvalue weighted by molar-refractivity contribution is 0.0854. The molecular weight excluding hydrogens is 508 g/mol. The van der Waals surface area contributed by atoms with Gasteiger partial charge >= 0.3 is 0 Å². The molecule has 0 radical (unpaired) electrons. The predicted octanol–water partition coefficient (Wildman–Crippen LogP) is 4.51. The molecule has 4 heterocycles. The number of aryl methyl sites for hydroxylation is 1. The van der Waals surface area contributed by atoms with Crippen molar-refractivity contribution in [1.82, 2.24) is 24.5 Å². The van der Waals surface area contributed by atoms with Gasteiger partial charge in [-0.1, -0.05) is 42.5 Å². The Bertz CT molecular complexity index is 1510. The van der Waals surface area contributed by atoms with Gasteiger partial charge in [0.1, 0.15) is 16.9 Å². The van der Waals surface area contributed by atoms with E-state index in [2.05, 4.69) is 45.6 Å². The minimum absolute atomic E-state index is 0.0136. The van der Waals surface area contributed by atoms with Crippen LogP contribution >= 0.6 is 22.9 Å². The number of hydrogen-bond donors (Lipinski definition) is 1. The molecule has 1 N–H and O–H groups in total. The Morgan fingerprint density at radius 3 is 2.70 bits per heavy atom. The van der Waals surface area contributed by atoms with E-state index in [9.17, 15) is 0 Å². The molecule has 0 bridgehead atoms. The van der Waals surface area contributed by atoms with E-state index in [4.69, 9.17) is 26.4 Å². The fourth-order valence-corrected chi connectivity index (χ4v) is 5.63. The number of aromatic nitrogens is 5. The van der Waals surface area contributed by atoms with Gasteiger partial charge in [-0.15, -0.1) is 21.5 Å². The molecule has 0 aliphatic carbocycles. The van der Waals surface area contributed by atoms with Crippen LogP contribution in [-0.4, -0.2) is 55.2 Å². The van der Waals surface area contributed by atoms with Crippen molar-refractivity contribution in [3.63, 3.8) is 0 Å². The zero-order valence-corrected chi connectivity index (χ0v) is 22.5. The zero-order chi connectivity index (χ0) is 25.9. The molecular formula is C27H27ClN6O2S. The van der Waals surface area contributed by atoms with Crippen molar-refractivity contribution in [1.29, 1.82) is 0 Å². The molecule has 1 aliphatic heterocycles. The van der Waals surface area contributed by atoms with E-state index in [-0.39, 0.29) is 12.6 Å². The lowest BCUT2D eigenvalue weighted by Crippen LogP contribution is -2.08. The largest absolute Gasteiger partial charge is 0.394 e. The quantitative estimate of drug-likeness (QED) is 0.278. The standard InChI is InChI=1S/C27H27ClN6O2S/c1-4-22-26-32-31-18(3)34(26)27-24(25(30-22)20-6-8-21(28)9-7-20)17(2)23(37-27)10-5-19-15-29-33(16-19)11-13-36-14-12-35/h6-9,15-16,22,35H,4,11-14H2,1-3H3/t22-/m0/s1. The molecule has 0 fully saturated rings. The summed E-state index contributed by atoms with van der Waals surface area (Å²) in [4.78, 5) is 6.15. The molecule has 37 heavy (non-hydrogen) atoms. The summed E-state index contributed by atoms with van der Waals surface area (Å²) < 4.78 is 9.24. The highest BCUT2D eigenvalue weighted by molar-refractivity contribution is 7.15. The van der Waals surface area contributed by atoms with Crippen LogP contribution in [0.3, 0.4) is 0 Å². The van der Waals surface area contributed by atoms with Crippen molar-refractivity contribution in [3.05, 3.63) is 80.5 Å². The number of nitrogens with zero attached hydrogens (tertiary/aromatic N) is 6. The summed E-state index contributed by atoms with van der Waals surface area (Å²) in [6, 6.07) is 7.71. The molecule has 10 heteroatoms. The lowest BCUT2D eigenvalue weighted by Gasteiger charge is -2.10. The average Bonchev–Trinajstić information content (AvgIpc) is 3.57. The van der Waals surface area contributed by atoms with Crippen LogP contribution in [0, 0.1) is 25.7 Å². The van der Waals surface area contributed by atoms with Crippen molar-refractivity contribution < 1.29 is 9.84 Å². The zero-order valence-electron chi connectivity index (χ0n) is 20.9. The van der Waals surface area contributed by atoms with Gasteiger partial charge in [0.15, 0.2) is 5.82 Å². The second-order valence-corrected chi connectivity index (χ2v) is 10.1. The van der Waals surface area contributed by atoms with E-state index in [1.165, 1.54) is 0 Å². The second-order valence-electron chi connectivity index (χ2n) is 8.66. The van der Waals surface area contributed by atoms with E-state index in [1.807, 2.05) is 37.4 Å². The molecule has 1 aliphatic rings. The van der Waals surface area contributed by atoms with Crippen molar-refractivity contribution in [2.45, 2.75) is 39.8 Å². The third kappa shape index (κ3) is 5.11. The SMILES string of the molecule is CC[C@@H]1N=C(c2ccc(Cl)cc2)c2c(sc(C#Cc3cnn(CCOCCO)c3)c2C)-n2c(C)nnc21. The molecule has 1 aromatic carbocycles. The number of aliphatic hydroxyl groups excluding tert-OH is 1. The monoisotopic (exact) mass is 534 g/mol. The Balaban J connectivity index is 1.56. The van der Waals surface area contributed by atoms with Gasteiger partial charge in [0.2, 0.25) is 0 Å². The second kappa shape index (κ2) is 11.0. The molecule has 190 valence electrons. The van der Waals surface area contributed by atoms with Gasteiger partial charge < -0.3 is 9.84 Å². The summed E-state index contributed by atoms with van der Waals surface area (Å²) in [6.45, 7) is 7.60. The lowest BCUT2D eigenvalue weighted by atomic mass is 9.99. The molecule has 8 nitrogen and oxygen atoms in total. The van der Waals surface area contributed by atoms with Gasteiger partial charge in [0.05, 0.1) is 48.7 Å². The van der Waals surface area contributed by atoms with Gasteiger partial charge in [-0.25, -0.2) is 0 Å². The van der Waals surface area contributed by atoms with Crippen LogP contribution in [0.25, 0.3) is 5.00 Å². The van der Waals surface area contributed by atoms with E-state index in [0.29, 0.717) is 24.8 Å². The number of benzene rings is 1. The number of hydrogen-bond acceptors (Lipinski definition) is 7. The minimum atomic E-state index is -0.104. The topological polar surface area (TPSA) is 90.3 Å². The van der Waals surface area contributed by atoms with Crippen molar-refractivity contribution >= 4 is 28.6 Å². The van der Waals surface area contributed by atoms with Crippen LogP contribution in [0.5, 0.6) is 0 Å². The molecule has 5 rings (SSSR count). The average molecular weight is 535 g/mol. The number of aliphatic imine (C=N–C) groups is 1. The summed E-state index contributed by atoms with van der Waals surface area (Å²) in [5.74, 6) is 8.30. The van der Waals surface area contributed by atoms with Crippen molar-refractivity contribution in [2.75, 3.05) is 19.8 Å². The summed E-state index contributed by atoms with van der Waals surface area (Å²) in [7, 11) is 0. The summed E-state index contributed by atoms with van der Waals surface area (Å²) >= 11 is 7.82. The number of rotatable bonds is 7. The van der Waals surface area contributed by atoms with Crippen LogP contribution in [0.1, 0.15) is 58.2 Å². The first-order chi connectivity index (χ1) is 18.0. The molecule has 0 saturated heterocycles. The molecule has 0 unspecified atom stereocenters. The van der Waals surface area contributed by atoms with Crippen molar-refractivity contribution in [2.24, 2.45) is 4.99 Å². The molecule has 0 spiro atoms. The van der Waals surface area contributed by atoms with Gasteiger partial charge in [0, 0.05) is 22.3 Å². The van der Waals surface area contributed by atoms with Crippen LogP contribution in [0.4, 0.5) is 0 Å². The molecule has 0 amide bonds. The number of ether oxygens (including phenoxy) is 1. The molecule has 3 aromatic heterocycles. The highest BCUT2D eigenvalue weighted by atomic mass is 35.5. The Morgan fingerprint density at radius 2 is 1.95 bits per heavy atom. The highest BCUT2D eigenvalue weighted by Crippen LogP contribution is 2.39. The van der Waals surface area contributed by atoms with Gasteiger partial charge in [0.25, 0.3) is 0 Å². The fraction of sp³-hybridized carbons (Fsp3) is 0.333. The normalized spacial score (nSPS) is 14.4. The molecule has 4 aromatic rings. The maximum atomic E-state index is 8.83. The van der Waals surface area contributed by atoms with Crippen LogP contribution < -0.4 is 0 Å². The first kappa shape index (κ1) is 25.4. The van der Waals surface area contributed by atoms with Crippen LogP contribution in [0.2, 0.25) is 5.02 Å². The Morgan fingerprint density at radius 1 is 1.14 bits per heavy atom. The number of fused-ring (bicyclic) bond motifs is 3. The van der Waals surface area contributed by atoms with Crippen LogP contribution in [-0.2, 0) is 11.3 Å². The van der Waals surface area contributed by atoms with E-state index in [0.717, 1.165) is 55.9 Å². The van der Waals surface area contributed by atoms with Gasteiger partial charge in [-0.3, -0.25) is 14.2 Å². The van der Waals surface area contributed by atoms with Gasteiger partial charge in [-0.2, -0.15) is 5.10 Å². The van der Waals surface area contributed by atoms with Crippen LogP contribution in [0.15, 0.2) is 41.7 Å². The summed E-state index contributed by atoms with van der Waals surface area (Å²) in [5, 5.41) is 23.8. The number of thiophene rings is 1. The summed E-state index contributed by atoms with van der Waals surface area (Å²) in [6.07, 6.45) is 4.46. The Hall–Kier alpha value is -3.29. The predicted molar refractivity (Wildman–Crippen MR) is 145 cm³/mol. The molecule has 0 saturated carbocycles. The minimum Gasteiger partial charge on any atom is -0.394 e. The number of aliphatic hydroxyl groups is 1. The highest BCUT2D eigenvalue weighted by Gasteiger charge is 2.31. The number of halogens is 1. The first-order valence-electron chi connectivity index (χ1n) is 12.1. The smallest absolute Gasteiger partial charge is 0.163 e. The van der Waals surface area contributed by atoms with Crippen molar-refractivity contribution in [3.8, 4) is 16.8 Å².